The second kappa shape index (κ2) is 9.31. The van der Waals surface area contributed by atoms with Gasteiger partial charge in [0.15, 0.2) is 11.5 Å². The van der Waals surface area contributed by atoms with E-state index < -0.39 is 17.9 Å². The number of carboxylic acid groups (broad SMARTS) is 1. The summed E-state index contributed by atoms with van der Waals surface area (Å²) in [5, 5.41) is 13.6. The zero-order valence-corrected chi connectivity index (χ0v) is 18.4. The second-order valence-electron chi connectivity index (χ2n) is 8.32. The molecule has 172 valence electrons. The van der Waals surface area contributed by atoms with Crippen molar-refractivity contribution < 1.29 is 24.2 Å². The fraction of sp³-hybridized carbons (Fsp3) is 0.185. The van der Waals surface area contributed by atoms with Crippen LogP contribution in [0.3, 0.4) is 0 Å². The molecule has 34 heavy (non-hydrogen) atoms. The lowest BCUT2D eigenvalue weighted by atomic mass is 9.90. The van der Waals surface area contributed by atoms with Crippen molar-refractivity contribution in [2.75, 3.05) is 6.79 Å². The van der Waals surface area contributed by atoms with E-state index in [4.69, 9.17) is 9.47 Å². The molecule has 1 aromatic heterocycles. The molecular formula is C27H24N2O5. The van der Waals surface area contributed by atoms with E-state index in [1.165, 1.54) is 0 Å². The molecule has 0 saturated heterocycles. The maximum absolute atomic E-state index is 13.5. The molecule has 0 fully saturated rings. The van der Waals surface area contributed by atoms with E-state index in [1.54, 1.807) is 18.3 Å². The van der Waals surface area contributed by atoms with Crippen LogP contribution in [0.4, 0.5) is 0 Å². The Bertz CT molecular complexity index is 1330. The summed E-state index contributed by atoms with van der Waals surface area (Å²) in [5.41, 5.74) is 3.48. The smallest absolute Gasteiger partial charge is 0.326 e. The lowest BCUT2D eigenvalue weighted by Crippen LogP contribution is -2.44. The van der Waals surface area contributed by atoms with Crippen LogP contribution < -0.4 is 14.8 Å². The predicted molar refractivity (Wildman–Crippen MR) is 127 cm³/mol. The molecule has 0 bridgehead atoms. The standard InChI is InChI=1S/C27H24N2O5/c30-26(29-23(27(31)32)13-19-15-28-22-9-5-4-8-20(19)22)21(12-17-6-2-1-3-7-17)18-10-11-24-25(14-18)34-16-33-24/h1-11,14-15,21,23,28H,12-13,16H2,(H,29,30)(H,31,32)/t21?,23-/m0/s1. The van der Waals surface area contributed by atoms with Crippen molar-refractivity contribution >= 4 is 22.8 Å². The molecule has 1 unspecified atom stereocenters. The van der Waals surface area contributed by atoms with Crippen LogP contribution in [0.15, 0.2) is 79.0 Å². The molecule has 1 aliphatic heterocycles. The number of benzene rings is 3. The maximum Gasteiger partial charge on any atom is 0.326 e. The highest BCUT2D eigenvalue weighted by molar-refractivity contribution is 5.89. The normalized spacial score (nSPS) is 14.0. The average Bonchev–Trinajstić information content (AvgIpc) is 3.49. The molecular weight excluding hydrogens is 432 g/mol. The number of carboxylic acids is 1. The Morgan fingerprint density at radius 1 is 0.941 bits per heavy atom. The predicted octanol–water partition coefficient (Wildman–Crippen LogP) is 4.04. The zero-order valence-electron chi connectivity index (χ0n) is 18.4. The highest BCUT2D eigenvalue weighted by Crippen LogP contribution is 2.35. The molecule has 4 aromatic rings. The van der Waals surface area contributed by atoms with Gasteiger partial charge in [-0.1, -0.05) is 54.6 Å². The molecule has 0 aliphatic carbocycles. The number of rotatable bonds is 8. The molecule has 1 aliphatic rings. The highest BCUT2D eigenvalue weighted by atomic mass is 16.7. The Labute approximate surface area is 196 Å². The molecule has 5 rings (SSSR count). The van der Waals surface area contributed by atoms with E-state index in [2.05, 4.69) is 10.3 Å². The largest absolute Gasteiger partial charge is 0.480 e. The summed E-state index contributed by atoms with van der Waals surface area (Å²) >= 11 is 0. The number of para-hydroxylation sites is 1. The number of H-pyrrole nitrogens is 1. The second-order valence-corrected chi connectivity index (χ2v) is 8.32. The summed E-state index contributed by atoms with van der Waals surface area (Å²) in [5.74, 6) is -0.818. The number of aliphatic carboxylic acids is 1. The third-order valence-electron chi connectivity index (χ3n) is 6.11. The monoisotopic (exact) mass is 456 g/mol. The van der Waals surface area contributed by atoms with Gasteiger partial charge in [0.25, 0.3) is 0 Å². The average molecular weight is 456 g/mol. The lowest BCUT2D eigenvalue weighted by Gasteiger charge is -2.21. The van der Waals surface area contributed by atoms with Crippen LogP contribution in [0.5, 0.6) is 11.5 Å². The minimum absolute atomic E-state index is 0.139. The van der Waals surface area contributed by atoms with Gasteiger partial charge in [-0.05, 0) is 41.3 Å². The molecule has 1 amide bonds. The number of carbonyl (C=O) groups excluding carboxylic acids is 1. The summed E-state index contributed by atoms with van der Waals surface area (Å²) < 4.78 is 10.9. The minimum Gasteiger partial charge on any atom is -0.480 e. The van der Waals surface area contributed by atoms with Gasteiger partial charge in [-0.3, -0.25) is 4.79 Å². The van der Waals surface area contributed by atoms with E-state index in [0.29, 0.717) is 17.9 Å². The van der Waals surface area contributed by atoms with Crippen molar-refractivity contribution in [3.8, 4) is 11.5 Å². The first kappa shape index (κ1) is 21.6. The Morgan fingerprint density at radius 3 is 2.53 bits per heavy atom. The van der Waals surface area contributed by atoms with E-state index in [1.807, 2.05) is 60.7 Å². The summed E-state index contributed by atoms with van der Waals surface area (Å²) in [6.45, 7) is 0.139. The van der Waals surface area contributed by atoms with Crippen molar-refractivity contribution in [3.05, 3.63) is 95.7 Å². The van der Waals surface area contributed by atoms with Crippen molar-refractivity contribution in [3.63, 3.8) is 0 Å². The molecule has 2 heterocycles. The number of nitrogens with one attached hydrogen (secondary N) is 2. The van der Waals surface area contributed by atoms with Crippen LogP contribution in [0, 0.1) is 0 Å². The van der Waals surface area contributed by atoms with E-state index >= 15 is 0 Å². The lowest BCUT2D eigenvalue weighted by molar-refractivity contribution is -0.142. The summed E-state index contributed by atoms with van der Waals surface area (Å²) in [7, 11) is 0. The Hall–Kier alpha value is -4.26. The molecule has 0 spiro atoms. The van der Waals surface area contributed by atoms with Crippen molar-refractivity contribution in [1.82, 2.24) is 10.3 Å². The summed E-state index contributed by atoms with van der Waals surface area (Å²) in [4.78, 5) is 28.8. The van der Waals surface area contributed by atoms with Gasteiger partial charge in [0.2, 0.25) is 12.7 Å². The Morgan fingerprint density at radius 2 is 1.71 bits per heavy atom. The van der Waals surface area contributed by atoms with Gasteiger partial charge in [0.1, 0.15) is 6.04 Å². The van der Waals surface area contributed by atoms with Crippen molar-refractivity contribution in [2.24, 2.45) is 0 Å². The van der Waals surface area contributed by atoms with Gasteiger partial charge in [0.05, 0.1) is 5.92 Å². The van der Waals surface area contributed by atoms with Gasteiger partial charge in [-0.25, -0.2) is 4.79 Å². The fourth-order valence-electron chi connectivity index (χ4n) is 4.33. The van der Waals surface area contributed by atoms with E-state index in [-0.39, 0.29) is 19.1 Å². The number of fused-ring (bicyclic) bond motifs is 2. The molecule has 0 saturated carbocycles. The quantitative estimate of drug-likeness (QED) is 0.372. The molecule has 3 N–H and O–H groups in total. The van der Waals surface area contributed by atoms with Gasteiger partial charge < -0.3 is 24.9 Å². The Kier molecular flexibility index (Phi) is 5.91. The number of carbonyl (C=O) groups is 2. The topological polar surface area (TPSA) is 101 Å². The molecule has 0 radical (unpaired) electrons. The van der Waals surface area contributed by atoms with Gasteiger partial charge in [-0.2, -0.15) is 0 Å². The first-order chi connectivity index (χ1) is 16.6. The van der Waals surface area contributed by atoms with Crippen LogP contribution in [0.1, 0.15) is 22.6 Å². The number of ether oxygens (including phenoxy) is 2. The SMILES string of the molecule is O=C(N[C@@H](Cc1c[nH]c2ccccc12)C(=O)O)C(Cc1ccccc1)c1ccc2c(c1)OCO2. The highest BCUT2D eigenvalue weighted by Gasteiger charge is 2.29. The molecule has 7 heteroatoms. The number of hydrogen-bond acceptors (Lipinski definition) is 4. The summed E-state index contributed by atoms with van der Waals surface area (Å²) in [6.07, 6.45) is 2.39. The fourth-order valence-corrected chi connectivity index (χ4v) is 4.33. The van der Waals surface area contributed by atoms with Gasteiger partial charge >= 0.3 is 5.97 Å². The molecule has 2 atom stereocenters. The summed E-state index contributed by atoms with van der Waals surface area (Å²) in [6, 6.07) is 21.7. The number of aromatic nitrogens is 1. The number of amides is 1. The van der Waals surface area contributed by atoms with E-state index in [9.17, 15) is 14.7 Å². The van der Waals surface area contributed by atoms with Gasteiger partial charge in [0, 0.05) is 23.5 Å². The van der Waals surface area contributed by atoms with Crippen molar-refractivity contribution in [1.29, 1.82) is 0 Å². The van der Waals surface area contributed by atoms with Crippen LogP contribution in [0.25, 0.3) is 10.9 Å². The van der Waals surface area contributed by atoms with Crippen LogP contribution in [-0.2, 0) is 22.4 Å². The van der Waals surface area contributed by atoms with Crippen LogP contribution >= 0.6 is 0 Å². The maximum atomic E-state index is 13.5. The van der Waals surface area contributed by atoms with Crippen LogP contribution in [0.2, 0.25) is 0 Å². The third-order valence-corrected chi connectivity index (χ3v) is 6.11. The third kappa shape index (κ3) is 4.45. The van der Waals surface area contributed by atoms with E-state index in [0.717, 1.165) is 27.6 Å². The molecule has 7 nitrogen and oxygen atoms in total. The Balaban J connectivity index is 1.41. The number of hydrogen-bond donors (Lipinski definition) is 3. The molecule has 3 aromatic carbocycles. The van der Waals surface area contributed by atoms with Gasteiger partial charge in [-0.15, -0.1) is 0 Å². The zero-order chi connectivity index (χ0) is 23.5. The number of aromatic amines is 1. The first-order valence-electron chi connectivity index (χ1n) is 11.1. The minimum atomic E-state index is -1.08. The van der Waals surface area contributed by atoms with Crippen molar-refractivity contribution in [2.45, 2.75) is 24.8 Å². The first-order valence-corrected chi connectivity index (χ1v) is 11.1. The van der Waals surface area contributed by atoms with Crippen LogP contribution in [-0.4, -0.2) is 34.8 Å².